The van der Waals surface area contributed by atoms with Crippen LogP contribution in [-0.2, 0) is 4.74 Å². The average molecular weight is 226 g/mol. The molecule has 2 rings (SSSR count). The van der Waals surface area contributed by atoms with Gasteiger partial charge in [0, 0.05) is 19.1 Å². The van der Waals surface area contributed by atoms with Gasteiger partial charge in [-0.25, -0.2) is 0 Å². The molecule has 2 heterocycles. The minimum atomic E-state index is 0.138. The van der Waals surface area contributed by atoms with Crippen LogP contribution in [0.2, 0.25) is 0 Å². The zero-order valence-corrected chi connectivity index (χ0v) is 10.8. The van der Waals surface area contributed by atoms with E-state index in [0.29, 0.717) is 6.04 Å². The van der Waals surface area contributed by atoms with Crippen molar-refractivity contribution in [2.75, 3.05) is 33.3 Å². The van der Waals surface area contributed by atoms with Gasteiger partial charge in [-0.05, 0) is 39.3 Å². The highest BCUT2D eigenvalue weighted by Crippen LogP contribution is 2.33. The zero-order chi connectivity index (χ0) is 11.4. The fraction of sp³-hybridized carbons (Fsp3) is 1.00. The van der Waals surface area contributed by atoms with Crippen LogP contribution in [0.4, 0.5) is 0 Å². The van der Waals surface area contributed by atoms with Gasteiger partial charge in [0.15, 0.2) is 0 Å². The number of ether oxygens (including phenoxy) is 1. The topological polar surface area (TPSA) is 24.5 Å². The molecule has 0 bridgehead atoms. The molecule has 16 heavy (non-hydrogen) atoms. The summed E-state index contributed by atoms with van der Waals surface area (Å²) in [6, 6.07) is 0.581. The average Bonchev–Trinajstić information content (AvgIpc) is 2.46. The fourth-order valence-corrected chi connectivity index (χ4v) is 3.19. The number of hydrogen-bond acceptors (Lipinski definition) is 3. The second-order valence-electron chi connectivity index (χ2n) is 5.37. The van der Waals surface area contributed by atoms with Crippen molar-refractivity contribution in [3.8, 4) is 0 Å². The van der Waals surface area contributed by atoms with Gasteiger partial charge < -0.3 is 15.0 Å². The van der Waals surface area contributed by atoms with Gasteiger partial charge in [-0.15, -0.1) is 0 Å². The molecule has 2 unspecified atom stereocenters. The fourth-order valence-electron chi connectivity index (χ4n) is 3.19. The summed E-state index contributed by atoms with van der Waals surface area (Å²) in [6.45, 7) is 6.60. The maximum absolute atomic E-state index is 6.21. The van der Waals surface area contributed by atoms with E-state index < -0.39 is 0 Å². The number of rotatable bonds is 2. The van der Waals surface area contributed by atoms with E-state index in [1.54, 1.807) is 0 Å². The van der Waals surface area contributed by atoms with Crippen LogP contribution in [0.25, 0.3) is 0 Å². The lowest BCUT2D eigenvalue weighted by atomic mass is 9.83. The molecule has 0 aromatic rings. The first-order chi connectivity index (χ1) is 7.77. The Balaban J connectivity index is 2.05. The highest BCUT2D eigenvalue weighted by atomic mass is 16.5. The monoisotopic (exact) mass is 226 g/mol. The molecule has 0 saturated carbocycles. The van der Waals surface area contributed by atoms with E-state index in [9.17, 15) is 0 Å². The minimum absolute atomic E-state index is 0.138. The molecule has 2 atom stereocenters. The Bertz CT molecular complexity index is 220. The van der Waals surface area contributed by atoms with Crippen LogP contribution in [0.15, 0.2) is 0 Å². The minimum Gasteiger partial charge on any atom is -0.372 e. The number of nitrogens with one attached hydrogen (secondary N) is 1. The van der Waals surface area contributed by atoms with Crippen LogP contribution in [0.1, 0.15) is 39.0 Å². The second kappa shape index (κ2) is 5.48. The molecule has 1 N–H and O–H groups in total. The summed E-state index contributed by atoms with van der Waals surface area (Å²) in [5, 5.41) is 3.68. The van der Waals surface area contributed by atoms with Crippen molar-refractivity contribution in [1.82, 2.24) is 10.2 Å². The molecule has 0 radical (unpaired) electrons. The molecule has 3 heteroatoms. The molecule has 0 aliphatic carbocycles. The summed E-state index contributed by atoms with van der Waals surface area (Å²) in [6.07, 6.45) is 6.21. The smallest absolute Gasteiger partial charge is 0.0848 e. The van der Waals surface area contributed by atoms with Gasteiger partial charge in [-0.1, -0.05) is 13.3 Å². The highest BCUT2D eigenvalue weighted by molar-refractivity contribution is 4.97. The van der Waals surface area contributed by atoms with Crippen LogP contribution in [-0.4, -0.2) is 49.8 Å². The molecule has 2 saturated heterocycles. The predicted octanol–water partition coefficient (Wildman–Crippen LogP) is 1.63. The second-order valence-corrected chi connectivity index (χ2v) is 5.37. The molecule has 0 aromatic carbocycles. The van der Waals surface area contributed by atoms with Crippen LogP contribution >= 0.6 is 0 Å². The largest absolute Gasteiger partial charge is 0.372 e. The molecular formula is C13H26N2O. The SMILES string of the molecule is CCCC1NCCOC12CCCN(C)CC2. The molecule has 0 amide bonds. The third-order valence-electron chi connectivity index (χ3n) is 4.15. The highest BCUT2D eigenvalue weighted by Gasteiger charge is 2.41. The lowest BCUT2D eigenvalue weighted by molar-refractivity contribution is -0.107. The van der Waals surface area contributed by atoms with Gasteiger partial charge in [0.1, 0.15) is 0 Å². The van der Waals surface area contributed by atoms with E-state index in [4.69, 9.17) is 4.74 Å². The van der Waals surface area contributed by atoms with Crippen LogP contribution in [0.3, 0.4) is 0 Å². The van der Waals surface area contributed by atoms with Crippen molar-refractivity contribution in [2.45, 2.75) is 50.7 Å². The molecule has 0 aromatic heterocycles. The van der Waals surface area contributed by atoms with Gasteiger partial charge in [-0.2, -0.15) is 0 Å². The van der Waals surface area contributed by atoms with E-state index in [1.807, 2.05) is 0 Å². The Morgan fingerprint density at radius 2 is 2.25 bits per heavy atom. The van der Waals surface area contributed by atoms with Gasteiger partial charge in [0.25, 0.3) is 0 Å². The van der Waals surface area contributed by atoms with Crippen LogP contribution in [0.5, 0.6) is 0 Å². The maximum atomic E-state index is 6.21. The Labute approximate surface area is 99.5 Å². The van der Waals surface area contributed by atoms with Crippen LogP contribution in [0, 0.1) is 0 Å². The molecule has 1 spiro atoms. The standard InChI is InChI=1S/C13H26N2O/c1-3-5-12-13(16-11-8-14-12)6-4-9-15(2)10-7-13/h12,14H,3-11H2,1-2H3. The van der Waals surface area contributed by atoms with Crippen LogP contribution < -0.4 is 5.32 Å². The summed E-state index contributed by atoms with van der Waals surface area (Å²) in [7, 11) is 2.23. The maximum Gasteiger partial charge on any atom is 0.0848 e. The predicted molar refractivity (Wildman–Crippen MR) is 66.7 cm³/mol. The van der Waals surface area contributed by atoms with Crippen molar-refractivity contribution >= 4 is 0 Å². The Morgan fingerprint density at radius 3 is 3.06 bits per heavy atom. The number of hydrogen-bond donors (Lipinski definition) is 1. The Hall–Kier alpha value is -0.120. The first kappa shape index (κ1) is 12.3. The zero-order valence-electron chi connectivity index (χ0n) is 10.8. The van der Waals surface area contributed by atoms with Crippen molar-refractivity contribution in [2.24, 2.45) is 0 Å². The first-order valence-corrected chi connectivity index (χ1v) is 6.83. The van der Waals surface area contributed by atoms with E-state index in [1.165, 1.54) is 45.2 Å². The van der Waals surface area contributed by atoms with E-state index in [-0.39, 0.29) is 5.60 Å². The Kier molecular flexibility index (Phi) is 4.22. The molecule has 2 aliphatic heterocycles. The van der Waals surface area contributed by atoms with Gasteiger partial charge in [0.05, 0.1) is 12.2 Å². The van der Waals surface area contributed by atoms with Crippen molar-refractivity contribution < 1.29 is 4.74 Å². The van der Waals surface area contributed by atoms with Crippen molar-refractivity contribution in [3.63, 3.8) is 0 Å². The Morgan fingerprint density at radius 1 is 1.38 bits per heavy atom. The summed E-state index contributed by atoms with van der Waals surface area (Å²) in [5.74, 6) is 0. The summed E-state index contributed by atoms with van der Waals surface area (Å²) in [4.78, 5) is 2.44. The van der Waals surface area contributed by atoms with Crippen molar-refractivity contribution in [1.29, 1.82) is 0 Å². The van der Waals surface area contributed by atoms with Crippen molar-refractivity contribution in [3.05, 3.63) is 0 Å². The lowest BCUT2D eigenvalue weighted by Gasteiger charge is -2.44. The quantitative estimate of drug-likeness (QED) is 0.774. The first-order valence-electron chi connectivity index (χ1n) is 6.83. The van der Waals surface area contributed by atoms with E-state index in [2.05, 4.69) is 24.2 Å². The van der Waals surface area contributed by atoms with E-state index >= 15 is 0 Å². The molecule has 2 fully saturated rings. The molecule has 94 valence electrons. The van der Waals surface area contributed by atoms with Gasteiger partial charge in [-0.3, -0.25) is 0 Å². The number of nitrogens with zero attached hydrogens (tertiary/aromatic N) is 1. The summed E-state index contributed by atoms with van der Waals surface area (Å²) < 4.78 is 6.21. The molecule has 3 nitrogen and oxygen atoms in total. The van der Waals surface area contributed by atoms with Gasteiger partial charge in [0.2, 0.25) is 0 Å². The normalized spacial score (nSPS) is 37.5. The lowest BCUT2D eigenvalue weighted by Crippen LogP contribution is -2.58. The third kappa shape index (κ3) is 2.58. The third-order valence-corrected chi connectivity index (χ3v) is 4.15. The molecular weight excluding hydrogens is 200 g/mol. The van der Waals surface area contributed by atoms with E-state index in [0.717, 1.165) is 13.2 Å². The number of likely N-dealkylation sites (tertiary alicyclic amines) is 1. The summed E-state index contributed by atoms with van der Waals surface area (Å²) >= 11 is 0. The molecule has 2 aliphatic rings. The van der Waals surface area contributed by atoms with Gasteiger partial charge >= 0.3 is 0 Å². The number of morpholine rings is 1. The summed E-state index contributed by atoms with van der Waals surface area (Å²) in [5.41, 5.74) is 0.138.